The molecule has 48 valence electrons. The Balaban J connectivity index is 3.49. The lowest BCUT2D eigenvalue weighted by Gasteiger charge is -1.94. The van der Waals surface area contributed by atoms with Crippen LogP contribution in [0, 0.1) is 16.2 Å². The zero-order valence-corrected chi connectivity index (χ0v) is 6.36. The highest BCUT2D eigenvalue weighted by molar-refractivity contribution is 14.1. The second-order valence-electron chi connectivity index (χ2n) is 1.33. The lowest BCUT2D eigenvalue weighted by Crippen LogP contribution is -1.88. The summed E-state index contributed by atoms with van der Waals surface area (Å²) in [7, 11) is 0. The third-order valence-corrected chi connectivity index (χ3v) is 1.72. The molecule has 1 heterocycles. The molecule has 1 nitrogen and oxygen atoms in total. The van der Waals surface area contributed by atoms with Crippen LogP contribution >= 0.6 is 22.6 Å². The predicted octanol–water partition coefficient (Wildman–Crippen LogP) is 2.13. The highest BCUT2D eigenvalue weighted by Gasteiger charge is 1.99. The molecule has 0 aliphatic carbocycles. The molecule has 0 aliphatic rings. The molecule has 0 N–H and O–H groups in total. The van der Waals surface area contributed by atoms with Crippen molar-refractivity contribution in [2.24, 2.45) is 0 Å². The average Bonchev–Trinajstić information content (AvgIpc) is 2.06. The average molecular weight is 242 g/mol. The summed E-state index contributed by atoms with van der Waals surface area (Å²) in [6.45, 7) is -2.55. The fraction of sp³-hybridized carbons (Fsp3) is 0.167. The molecule has 0 amide bonds. The van der Waals surface area contributed by atoms with Crippen LogP contribution in [-0.2, 0) is 0 Å². The molecule has 0 atom stereocenters. The van der Waals surface area contributed by atoms with E-state index in [0.717, 1.165) is 0 Å². The van der Waals surface area contributed by atoms with Crippen LogP contribution in [0.2, 0.25) is 0 Å². The smallest absolute Gasteiger partial charge is 0.139 e. The number of aryl methyl sites for hydroxylation is 1. The van der Waals surface area contributed by atoms with E-state index in [0.29, 0.717) is 0 Å². The summed E-state index contributed by atoms with van der Waals surface area (Å²) < 4.78 is 48.2. The van der Waals surface area contributed by atoms with Gasteiger partial charge in [0.25, 0.3) is 0 Å². The SMILES string of the molecule is [2H]c1nc(C([2H])([2H])[2H])c(I)c(F)c1[2H]. The quantitative estimate of drug-likeness (QED) is 0.635. The second-order valence-corrected chi connectivity index (χ2v) is 2.40. The summed E-state index contributed by atoms with van der Waals surface area (Å²) in [5, 5.41) is 0. The van der Waals surface area contributed by atoms with Gasteiger partial charge in [-0.1, -0.05) is 0 Å². The first kappa shape index (κ1) is 2.82. The van der Waals surface area contributed by atoms with E-state index in [1.807, 2.05) is 0 Å². The van der Waals surface area contributed by atoms with Gasteiger partial charge in [0.1, 0.15) is 5.82 Å². The number of hydrogen-bond donors (Lipinski definition) is 0. The van der Waals surface area contributed by atoms with Crippen molar-refractivity contribution >= 4 is 22.6 Å². The van der Waals surface area contributed by atoms with Gasteiger partial charge in [0.05, 0.1) is 12.0 Å². The topological polar surface area (TPSA) is 12.9 Å². The Hall–Kier alpha value is -0.190. The van der Waals surface area contributed by atoms with Crippen LogP contribution in [-0.4, -0.2) is 4.98 Å². The molecular weight excluding hydrogens is 232 g/mol. The minimum absolute atomic E-state index is 0.219. The summed E-state index contributed by atoms with van der Waals surface area (Å²) in [6, 6.07) is -0.678. The van der Waals surface area contributed by atoms with E-state index in [1.165, 1.54) is 22.6 Å². The van der Waals surface area contributed by atoms with Crippen molar-refractivity contribution in [2.75, 3.05) is 0 Å². The van der Waals surface area contributed by atoms with Gasteiger partial charge in [0, 0.05) is 10.3 Å². The largest absolute Gasteiger partial charge is 0.260 e. The summed E-state index contributed by atoms with van der Waals surface area (Å²) in [6.07, 6.45) is -0.658. The molecule has 0 radical (unpaired) electrons. The molecule has 0 fully saturated rings. The Kier molecular flexibility index (Phi) is 0.813. The first-order chi connectivity index (χ1) is 6.25. The van der Waals surface area contributed by atoms with E-state index in [2.05, 4.69) is 4.98 Å². The number of nitrogens with zero attached hydrogens (tertiary/aromatic N) is 1. The third-order valence-electron chi connectivity index (χ3n) is 0.734. The molecule has 1 aromatic rings. The maximum Gasteiger partial charge on any atom is 0.139 e. The molecule has 1 aromatic heterocycles. The molecule has 0 unspecified atom stereocenters. The van der Waals surface area contributed by atoms with Crippen LogP contribution in [0.15, 0.2) is 12.2 Å². The summed E-state index contributed by atoms with van der Waals surface area (Å²) in [5.74, 6) is -1.00. The molecule has 0 aliphatic heterocycles. The Morgan fingerprint density at radius 2 is 2.78 bits per heavy atom. The van der Waals surface area contributed by atoms with E-state index >= 15 is 0 Å². The highest BCUT2D eigenvalue weighted by Crippen LogP contribution is 2.11. The van der Waals surface area contributed by atoms with Crippen LogP contribution in [0.3, 0.4) is 0 Å². The van der Waals surface area contributed by atoms with E-state index < -0.39 is 30.6 Å². The van der Waals surface area contributed by atoms with Gasteiger partial charge in [0.2, 0.25) is 0 Å². The van der Waals surface area contributed by atoms with Crippen LogP contribution < -0.4 is 0 Å². The first-order valence-corrected chi connectivity index (χ1v) is 3.15. The lowest BCUT2D eigenvalue weighted by atomic mass is 10.4. The predicted molar refractivity (Wildman–Crippen MR) is 41.6 cm³/mol. The molecule has 0 spiro atoms. The molecule has 0 aromatic carbocycles. The Labute approximate surface area is 73.5 Å². The number of hydrogen-bond acceptors (Lipinski definition) is 1. The van der Waals surface area contributed by atoms with Gasteiger partial charge in [-0.2, -0.15) is 0 Å². The van der Waals surface area contributed by atoms with E-state index in [-0.39, 0.29) is 3.57 Å². The van der Waals surface area contributed by atoms with Gasteiger partial charge in [-0.3, -0.25) is 4.98 Å². The molecule has 9 heavy (non-hydrogen) atoms. The zero-order chi connectivity index (χ0) is 11.1. The van der Waals surface area contributed by atoms with Gasteiger partial charge < -0.3 is 0 Å². The first-order valence-electron chi connectivity index (χ1n) is 4.58. The van der Waals surface area contributed by atoms with E-state index in [9.17, 15) is 4.39 Å². The summed E-state index contributed by atoms with van der Waals surface area (Å²) >= 11 is 1.47. The van der Waals surface area contributed by atoms with Crippen LogP contribution in [0.5, 0.6) is 0 Å². The fourth-order valence-electron chi connectivity index (χ4n) is 0.341. The summed E-state index contributed by atoms with van der Waals surface area (Å²) in [5.41, 5.74) is -0.461. The Morgan fingerprint density at radius 1 is 2.00 bits per heavy atom. The molecule has 0 saturated carbocycles. The van der Waals surface area contributed by atoms with Crippen molar-refractivity contribution in [3.8, 4) is 0 Å². The lowest BCUT2D eigenvalue weighted by molar-refractivity contribution is 0.615. The monoisotopic (exact) mass is 242 g/mol. The fourth-order valence-corrected chi connectivity index (χ4v) is 0.596. The maximum absolute atomic E-state index is 13.2. The van der Waals surface area contributed by atoms with Crippen LogP contribution in [0.25, 0.3) is 0 Å². The van der Waals surface area contributed by atoms with Crippen LogP contribution in [0.1, 0.15) is 12.5 Å². The van der Waals surface area contributed by atoms with E-state index in [4.69, 9.17) is 6.85 Å². The number of halogens is 2. The van der Waals surface area contributed by atoms with Crippen molar-refractivity contribution in [1.82, 2.24) is 4.98 Å². The van der Waals surface area contributed by atoms with Crippen LogP contribution in [0.4, 0.5) is 4.39 Å². The van der Waals surface area contributed by atoms with Gasteiger partial charge in [-0.25, -0.2) is 4.39 Å². The highest BCUT2D eigenvalue weighted by atomic mass is 127. The Bertz CT molecular complexity index is 377. The molecule has 0 bridgehead atoms. The minimum Gasteiger partial charge on any atom is -0.260 e. The maximum atomic E-state index is 13.2. The van der Waals surface area contributed by atoms with Gasteiger partial charge in [-0.05, 0) is 35.5 Å². The van der Waals surface area contributed by atoms with Crippen molar-refractivity contribution in [3.05, 3.63) is 27.3 Å². The van der Waals surface area contributed by atoms with Crippen molar-refractivity contribution in [3.63, 3.8) is 0 Å². The Morgan fingerprint density at radius 3 is 3.44 bits per heavy atom. The van der Waals surface area contributed by atoms with E-state index in [1.54, 1.807) is 0 Å². The number of aromatic nitrogens is 1. The molecular formula is C6H5FIN. The molecule has 3 heteroatoms. The second kappa shape index (κ2) is 2.60. The van der Waals surface area contributed by atoms with Crippen molar-refractivity contribution in [2.45, 2.75) is 6.85 Å². The normalized spacial score (nSPS) is 19.1. The molecule has 0 saturated heterocycles. The molecule has 1 rings (SSSR count). The zero-order valence-electron chi connectivity index (χ0n) is 9.20. The number of rotatable bonds is 0. The minimum atomic E-state index is -2.55. The van der Waals surface area contributed by atoms with Crippen molar-refractivity contribution < 1.29 is 11.2 Å². The standard InChI is InChI=1S/C6H5FIN/c1-4-6(8)5(7)2-3-9-4/h2-3H,1H3/i1D3,2D,3D. The van der Waals surface area contributed by atoms with Gasteiger partial charge >= 0.3 is 0 Å². The van der Waals surface area contributed by atoms with Crippen molar-refractivity contribution in [1.29, 1.82) is 0 Å². The third kappa shape index (κ3) is 1.38. The number of pyridine rings is 1. The summed E-state index contributed by atoms with van der Waals surface area (Å²) in [4.78, 5) is 3.37. The van der Waals surface area contributed by atoms with Gasteiger partial charge in [0.15, 0.2) is 0 Å². The van der Waals surface area contributed by atoms with Gasteiger partial charge in [-0.15, -0.1) is 0 Å².